The second-order valence-corrected chi connectivity index (χ2v) is 2.85. The molecule has 0 aromatic carbocycles. The first-order valence-electron chi connectivity index (χ1n) is 3.83. The molecule has 0 aromatic rings. The zero-order valence-corrected chi connectivity index (χ0v) is 6.47. The summed E-state index contributed by atoms with van der Waals surface area (Å²) in [6, 6.07) is 0.242. The van der Waals surface area contributed by atoms with Crippen LogP contribution in [-0.2, 0) is 4.79 Å². The summed E-state index contributed by atoms with van der Waals surface area (Å²) in [4.78, 5) is 10.2. The molecule has 11 heavy (non-hydrogen) atoms. The average molecular weight is 155 g/mol. The van der Waals surface area contributed by atoms with E-state index in [1.54, 1.807) is 0 Å². The molecule has 0 saturated carbocycles. The summed E-state index contributed by atoms with van der Waals surface area (Å²) in [7, 11) is 0. The summed E-state index contributed by atoms with van der Waals surface area (Å²) in [5.41, 5.74) is 1.14. The number of nitrogens with one attached hydrogen (secondary N) is 1. The van der Waals surface area contributed by atoms with Crippen LogP contribution in [0.5, 0.6) is 0 Å². The molecule has 3 heteroatoms. The van der Waals surface area contributed by atoms with Gasteiger partial charge in [-0.2, -0.15) is 0 Å². The van der Waals surface area contributed by atoms with Crippen molar-refractivity contribution in [2.24, 2.45) is 0 Å². The van der Waals surface area contributed by atoms with Crippen molar-refractivity contribution >= 4 is 5.97 Å². The van der Waals surface area contributed by atoms with E-state index in [0.29, 0.717) is 6.42 Å². The molecule has 0 aliphatic carbocycles. The smallest absolute Gasteiger partial charge is 0.303 e. The third-order valence-electron chi connectivity index (χ3n) is 1.98. The van der Waals surface area contributed by atoms with Gasteiger partial charge in [0, 0.05) is 12.5 Å². The van der Waals surface area contributed by atoms with Crippen LogP contribution >= 0.6 is 0 Å². The predicted molar refractivity (Wildman–Crippen MR) is 42.4 cm³/mol. The fraction of sp³-hybridized carbons (Fsp3) is 0.625. The molecule has 1 rings (SSSR count). The summed E-state index contributed by atoms with van der Waals surface area (Å²) in [5.74, 6) is -0.730. The van der Waals surface area contributed by atoms with Crippen molar-refractivity contribution in [2.75, 3.05) is 6.54 Å². The zero-order chi connectivity index (χ0) is 8.27. The number of carboxylic acids is 1. The van der Waals surface area contributed by atoms with Gasteiger partial charge >= 0.3 is 5.97 Å². The molecule has 3 nitrogen and oxygen atoms in total. The highest BCUT2D eigenvalue weighted by molar-refractivity contribution is 5.66. The second kappa shape index (κ2) is 3.53. The average Bonchev–Trinajstić information content (AvgIpc) is 2.31. The maximum absolute atomic E-state index is 10.2. The molecule has 1 fully saturated rings. The first-order chi connectivity index (χ1) is 5.20. The Balaban J connectivity index is 2.26. The van der Waals surface area contributed by atoms with Gasteiger partial charge in [-0.25, -0.2) is 0 Å². The van der Waals surface area contributed by atoms with Crippen molar-refractivity contribution < 1.29 is 9.90 Å². The van der Waals surface area contributed by atoms with Crippen molar-refractivity contribution in [3.05, 3.63) is 12.2 Å². The number of hydrogen-bond donors (Lipinski definition) is 2. The van der Waals surface area contributed by atoms with Crippen LogP contribution in [0.15, 0.2) is 12.2 Å². The van der Waals surface area contributed by atoms with Crippen LogP contribution in [0, 0.1) is 0 Å². The van der Waals surface area contributed by atoms with E-state index in [4.69, 9.17) is 5.11 Å². The predicted octanol–water partition coefficient (Wildman–Crippen LogP) is 0.769. The lowest BCUT2D eigenvalue weighted by Gasteiger charge is -2.08. The number of aliphatic carboxylic acids is 1. The summed E-state index contributed by atoms with van der Waals surface area (Å²) < 4.78 is 0. The Kier molecular flexibility index (Phi) is 2.65. The van der Waals surface area contributed by atoms with Gasteiger partial charge in [-0.1, -0.05) is 12.2 Å². The van der Waals surface area contributed by atoms with Gasteiger partial charge in [0.05, 0.1) is 0 Å². The third kappa shape index (κ3) is 2.35. The molecule has 62 valence electrons. The van der Waals surface area contributed by atoms with Gasteiger partial charge in [0.25, 0.3) is 0 Å². The van der Waals surface area contributed by atoms with Gasteiger partial charge < -0.3 is 10.4 Å². The summed E-state index contributed by atoms with van der Waals surface area (Å²) >= 11 is 0. The molecule has 1 aliphatic heterocycles. The lowest BCUT2D eigenvalue weighted by molar-refractivity contribution is -0.137. The molecule has 1 atom stereocenters. The maximum atomic E-state index is 10.2. The second-order valence-electron chi connectivity index (χ2n) is 2.85. The largest absolute Gasteiger partial charge is 0.481 e. The highest BCUT2D eigenvalue weighted by Crippen LogP contribution is 2.15. The van der Waals surface area contributed by atoms with Gasteiger partial charge in [0.15, 0.2) is 0 Å². The van der Waals surface area contributed by atoms with E-state index in [2.05, 4.69) is 11.9 Å². The number of hydrogen-bond acceptors (Lipinski definition) is 2. The standard InChI is InChI=1S/C8H13NO2/c1-6-4-5-9-7(6)2-3-8(10)11/h7,9H,1-5H2,(H,10,11). The maximum Gasteiger partial charge on any atom is 0.303 e. The van der Waals surface area contributed by atoms with Gasteiger partial charge in [-0.15, -0.1) is 0 Å². The fourth-order valence-corrected chi connectivity index (χ4v) is 1.30. The molecule has 1 unspecified atom stereocenters. The summed E-state index contributed by atoms with van der Waals surface area (Å²) in [5, 5.41) is 11.6. The SMILES string of the molecule is C=C1CCNC1CCC(=O)O. The lowest BCUT2D eigenvalue weighted by Crippen LogP contribution is -2.23. The highest BCUT2D eigenvalue weighted by atomic mass is 16.4. The molecular weight excluding hydrogens is 142 g/mol. The van der Waals surface area contributed by atoms with Crippen molar-refractivity contribution in [2.45, 2.75) is 25.3 Å². The summed E-state index contributed by atoms with van der Waals surface area (Å²) in [6.07, 6.45) is 1.90. The monoisotopic (exact) mass is 155 g/mol. The Hall–Kier alpha value is -0.830. The minimum absolute atomic E-state index is 0.233. The first kappa shape index (κ1) is 8.27. The van der Waals surface area contributed by atoms with E-state index in [1.807, 2.05) is 0 Å². The van der Waals surface area contributed by atoms with Gasteiger partial charge in [0.2, 0.25) is 0 Å². The number of carbonyl (C=O) groups is 1. The highest BCUT2D eigenvalue weighted by Gasteiger charge is 2.18. The van der Waals surface area contributed by atoms with Crippen LogP contribution in [0.25, 0.3) is 0 Å². The Morgan fingerprint density at radius 1 is 1.82 bits per heavy atom. The lowest BCUT2D eigenvalue weighted by atomic mass is 10.1. The third-order valence-corrected chi connectivity index (χ3v) is 1.98. The minimum atomic E-state index is -0.730. The molecule has 0 aromatic heterocycles. The van der Waals surface area contributed by atoms with E-state index in [1.165, 1.54) is 0 Å². The van der Waals surface area contributed by atoms with E-state index in [9.17, 15) is 4.79 Å². The molecule has 0 radical (unpaired) electrons. The van der Waals surface area contributed by atoms with Crippen LogP contribution in [0.2, 0.25) is 0 Å². The van der Waals surface area contributed by atoms with Gasteiger partial charge in [0.1, 0.15) is 0 Å². The van der Waals surface area contributed by atoms with E-state index in [0.717, 1.165) is 18.5 Å². The molecule has 1 saturated heterocycles. The summed E-state index contributed by atoms with van der Waals surface area (Å²) in [6.45, 7) is 4.81. The van der Waals surface area contributed by atoms with Crippen molar-refractivity contribution in [1.29, 1.82) is 0 Å². The molecular formula is C8H13NO2. The molecule has 0 amide bonds. The Morgan fingerprint density at radius 3 is 3.00 bits per heavy atom. The topological polar surface area (TPSA) is 49.3 Å². The van der Waals surface area contributed by atoms with Crippen LogP contribution in [0.4, 0.5) is 0 Å². The Morgan fingerprint density at radius 2 is 2.55 bits per heavy atom. The van der Waals surface area contributed by atoms with Crippen molar-refractivity contribution in [1.82, 2.24) is 5.32 Å². The Labute approximate surface area is 66.1 Å². The normalized spacial score (nSPS) is 24.0. The first-order valence-corrected chi connectivity index (χ1v) is 3.83. The van der Waals surface area contributed by atoms with E-state index >= 15 is 0 Å². The van der Waals surface area contributed by atoms with E-state index < -0.39 is 5.97 Å². The molecule has 1 aliphatic rings. The van der Waals surface area contributed by atoms with Crippen LogP contribution < -0.4 is 5.32 Å². The van der Waals surface area contributed by atoms with Crippen LogP contribution in [0.3, 0.4) is 0 Å². The van der Waals surface area contributed by atoms with E-state index in [-0.39, 0.29) is 12.5 Å². The Bertz CT molecular complexity index is 177. The number of carboxylic acid groups (broad SMARTS) is 1. The molecule has 2 N–H and O–H groups in total. The molecule has 1 heterocycles. The van der Waals surface area contributed by atoms with Crippen LogP contribution in [-0.4, -0.2) is 23.7 Å². The van der Waals surface area contributed by atoms with Crippen molar-refractivity contribution in [3.63, 3.8) is 0 Å². The zero-order valence-electron chi connectivity index (χ0n) is 6.47. The molecule has 0 bridgehead atoms. The number of rotatable bonds is 3. The van der Waals surface area contributed by atoms with Gasteiger partial charge in [-0.05, 0) is 19.4 Å². The van der Waals surface area contributed by atoms with Gasteiger partial charge in [-0.3, -0.25) is 4.79 Å². The fourth-order valence-electron chi connectivity index (χ4n) is 1.30. The van der Waals surface area contributed by atoms with Crippen LogP contribution in [0.1, 0.15) is 19.3 Å². The quantitative estimate of drug-likeness (QED) is 0.592. The minimum Gasteiger partial charge on any atom is -0.481 e. The van der Waals surface area contributed by atoms with Crippen molar-refractivity contribution in [3.8, 4) is 0 Å². The molecule has 0 spiro atoms.